The van der Waals surface area contributed by atoms with Crippen molar-refractivity contribution < 1.29 is 31.1 Å². The van der Waals surface area contributed by atoms with Gasteiger partial charge < -0.3 is 4.74 Å². The Bertz CT molecular complexity index is 336. The smallest absolute Gasteiger partial charge is 0.422 e. The van der Waals surface area contributed by atoms with Crippen molar-refractivity contribution in [3.8, 4) is 5.75 Å². The van der Waals surface area contributed by atoms with Crippen molar-refractivity contribution in [1.29, 1.82) is 0 Å². The Labute approximate surface area is 80.3 Å². The molecule has 0 saturated carbocycles. The molecule has 0 heterocycles. The third-order valence-electron chi connectivity index (χ3n) is 1.52. The number of ether oxygens (including phenoxy) is 1. The van der Waals surface area contributed by atoms with Crippen molar-refractivity contribution in [2.45, 2.75) is 6.18 Å². The molecule has 1 nitrogen and oxygen atoms in total. The lowest BCUT2D eigenvalue weighted by molar-refractivity contribution is -0.142. The molecular formula is C8H4F6O. The highest BCUT2D eigenvalue weighted by molar-refractivity contribution is 5.32. The van der Waals surface area contributed by atoms with Crippen LogP contribution in [0.5, 0.6) is 5.75 Å². The van der Waals surface area contributed by atoms with Crippen LogP contribution in [0.15, 0.2) is 12.1 Å². The van der Waals surface area contributed by atoms with Gasteiger partial charge in [-0.15, -0.1) is 0 Å². The summed E-state index contributed by atoms with van der Waals surface area (Å²) in [6, 6.07) is 0.539. The van der Waals surface area contributed by atoms with Gasteiger partial charge in [0.05, 0.1) is 0 Å². The second kappa shape index (κ2) is 4.00. The van der Waals surface area contributed by atoms with Crippen LogP contribution in [0.25, 0.3) is 0 Å². The van der Waals surface area contributed by atoms with E-state index in [2.05, 4.69) is 4.74 Å². The van der Waals surface area contributed by atoms with Crippen molar-refractivity contribution in [2.75, 3.05) is 6.86 Å². The molecule has 1 aromatic rings. The Morgan fingerprint density at radius 2 is 1.53 bits per heavy atom. The van der Waals surface area contributed by atoms with Crippen molar-refractivity contribution in [1.82, 2.24) is 0 Å². The van der Waals surface area contributed by atoms with Crippen LogP contribution in [0.2, 0.25) is 0 Å². The van der Waals surface area contributed by atoms with Crippen molar-refractivity contribution in [3.05, 3.63) is 29.3 Å². The second-order valence-corrected chi connectivity index (χ2v) is 2.51. The predicted molar refractivity (Wildman–Crippen MR) is 38.0 cm³/mol. The van der Waals surface area contributed by atoms with E-state index in [9.17, 15) is 26.3 Å². The van der Waals surface area contributed by atoms with Crippen molar-refractivity contribution in [2.24, 2.45) is 0 Å². The Morgan fingerprint density at radius 3 is 1.87 bits per heavy atom. The lowest BCUT2D eigenvalue weighted by Gasteiger charge is -2.10. The summed E-state index contributed by atoms with van der Waals surface area (Å²) >= 11 is 0. The highest BCUT2D eigenvalue weighted by Crippen LogP contribution is 2.35. The highest BCUT2D eigenvalue weighted by atomic mass is 19.4. The van der Waals surface area contributed by atoms with Gasteiger partial charge in [0, 0.05) is 12.1 Å². The fraction of sp³-hybridized carbons (Fsp3) is 0.250. The summed E-state index contributed by atoms with van der Waals surface area (Å²) in [7, 11) is 0. The third kappa shape index (κ3) is 2.54. The Morgan fingerprint density at radius 1 is 1.07 bits per heavy atom. The fourth-order valence-corrected chi connectivity index (χ4v) is 0.967. The van der Waals surface area contributed by atoms with E-state index in [0.29, 0.717) is 0 Å². The molecule has 15 heavy (non-hydrogen) atoms. The summed E-state index contributed by atoms with van der Waals surface area (Å²) in [6.07, 6.45) is -5.14. The van der Waals surface area contributed by atoms with E-state index in [-0.39, 0.29) is 12.1 Å². The molecule has 0 aliphatic carbocycles. The lowest BCUT2D eigenvalue weighted by atomic mass is 10.2. The summed E-state index contributed by atoms with van der Waals surface area (Å²) in [6.45, 7) is -1.38. The van der Waals surface area contributed by atoms with Gasteiger partial charge in [0.25, 0.3) is 0 Å². The third-order valence-corrected chi connectivity index (χ3v) is 1.52. The molecule has 84 valence electrons. The Kier molecular flexibility index (Phi) is 3.11. The maximum atomic E-state index is 12.8. The maximum Gasteiger partial charge on any atom is 0.422 e. The van der Waals surface area contributed by atoms with Crippen LogP contribution in [0, 0.1) is 11.6 Å². The molecule has 0 radical (unpaired) electrons. The summed E-state index contributed by atoms with van der Waals surface area (Å²) < 4.78 is 77.2. The molecule has 0 fully saturated rings. The SMILES string of the molecule is FCOc1cc(F)c(C(F)(F)F)c(F)c1. The van der Waals surface area contributed by atoms with Crippen LogP contribution in [-0.2, 0) is 6.18 Å². The van der Waals surface area contributed by atoms with E-state index in [1.165, 1.54) is 0 Å². The van der Waals surface area contributed by atoms with Crippen LogP contribution >= 0.6 is 0 Å². The molecule has 0 aromatic heterocycles. The fourth-order valence-electron chi connectivity index (χ4n) is 0.967. The molecule has 0 aliphatic heterocycles. The highest BCUT2D eigenvalue weighted by Gasteiger charge is 2.38. The molecule has 0 unspecified atom stereocenters. The van der Waals surface area contributed by atoms with Crippen molar-refractivity contribution in [3.63, 3.8) is 0 Å². The van der Waals surface area contributed by atoms with Gasteiger partial charge in [-0.3, -0.25) is 0 Å². The van der Waals surface area contributed by atoms with Gasteiger partial charge in [-0.2, -0.15) is 13.2 Å². The Balaban J connectivity index is 3.22. The molecule has 0 atom stereocenters. The number of hydrogen-bond acceptors (Lipinski definition) is 1. The topological polar surface area (TPSA) is 9.23 Å². The van der Waals surface area contributed by atoms with E-state index in [1.807, 2.05) is 0 Å². The number of benzene rings is 1. The van der Waals surface area contributed by atoms with Gasteiger partial charge in [0.15, 0.2) is 0 Å². The number of rotatable bonds is 2. The number of halogens is 6. The van der Waals surface area contributed by atoms with E-state index < -0.39 is 36.0 Å². The molecule has 1 rings (SSSR count). The zero-order valence-corrected chi connectivity index (χ0v) is 7.04. The number of alkyl halides is 4. The van der Waals surface area contributed by atoms with Crippen LogP contribution in [0.4, 0.5) is 26.3 Å². The van der Waals surface area contributed by atoms with Gasteiger partial charge in [-0.1, -0.05) is 0 Å². The zero-order valence-electron chi connectivity index (χ0n) is 7.04. The summed E-state index contributed by atoms with van der Waals surface area (Å²) in [5, 5.41) is 0. The maximum absolute atomic E-state index is 12.8. The van der Waals surface area contributed by atoms with Gasteiger partial charge in [-0.05, 0) is 0 Å². The van der Waals surface area contributed by atoms with Crippen LogP contribution in [-0.4, -0.2) is 6.86 Å². The predicted octanol–water partition coefficient (Wildman–Crippen LogP) is 3.29. The molecule has 0 saturated heterocycles. The molecule has 7 heteroatoms. The largest absolute Gasteiger partial charge is 0.463 e. The molecule has 1 aromatic carbocycles. The molecule has 0 amide bonds. The lowest BCUT2D eigenvalue weighted by Crippen LogP contribution is -2.11. The van der Waals surface area contributed by atoms with Gasteiger partial charge in [0.1, 0.15) is 22.9 Å². The van der Waals surface area contributed by atoms with Gasteiger partial charge in [-0.25, -0.2) is 13.2 Å². The number of hydrogen-bond donors (Lipinski definition) is 0. The minimum Gasteiger partial charge on any atom is -0.463 e. The van der Waals surface area contributed by atoms with E-state index >= 15 is 0 Å². The molecule has 0 aliphatic rings. The summed E-state index contributed by atoms with van der Waals surface area (Å²) in [4.78, 5) is 0. The monoisotopic (exact) mass is 230 g/mol. The molecule has 0 N–H and O–H groups in total. The van der Waals surface area contributed by atoms with E-state index in [4.69, 9.17) is 0 Å². The van der Waals surface area contributed by atoms with Crippen molar-refractivity contribution >= 4 is 0 Å². The second-order valence-electron chi connectivity index (χ2n) is 2.51. The zero-order chi connectivity index (χ0) is 11.6. The molecular weight excluding hydrogens is 226 g/mol. The minimum atomic E-state index is -5.14. The normalized spacial score (nSPS) is 11.6. The van der Waals surface area contributed by atoms with Crippen LogP contribution in [0.1, 0.15) is 5.56 Å². The average molecular weight is 230 g/mol. The first-order valence-electron chi connectivity index (χ1n) is 3.61. The minimum absolute atomic E-state index is 0.269. The first kappa shape index (κ1) is 11.7. The summed E-state index contributed by atoms with van der Waals surface area (Å²) in [5.74, 6) is -4.32. The summed E-state index contributed by atoms with van der Waals surface area (Å²) in [5.41, 5.74) is -2.02. The van der Waals surface area contributed by atoms with Crippen LogP contribution in [0.3, 0.4) is 0 Å². The van der Waals surface area contributed by atoms with Gasteiger partial charge >= 0.3 is 6.18 Å². The van der Waals surface area contributed by atoms with E-state index in [1.54, 1.807) is 0 Å². The average Bonchev–Trinajstić information content (AvgIpc) is 1.99. The molecule has 0 spiro atoms. The van der Waals surface area contributed by atoms with Gasteiger partial charge in [0.2, 0.25) is 6.86 Å². The first-order valence-corrected chi connectivity index (χ1v) is 3.61. The Hall–Kier alpha value is -1.40. The first-order chi connectivity index (χ1) is 6.86. The van der Waals surface area contributed by atoms with Crippen LogP contribution < -0.4 is 4.74 Å². The standard InChI is InChI=1S/C8H4F6O/c9-3-15-4-1-5(10)7(6(11)2-4)8(12,13)14/h1-2H,3H2. The van der Waals surface area contributed by atoms with E-state index in [0.717, 1.165) is 0 Å². The quantitative estimate of drug-likeness (QED) is 0.708. The molecule has 0 bridgehead atoms.